The van der Waals surface area contributed by atoms with Crippen molar-refractivity contribution in [2.45, 2.75) is 97.8 Å². The first-order valence-electron chi connectivity index (χ1n) is 14.8. The van der Waals surface area contributed by atoms with Gasteiger partial charge in [-0.15, -0.1) is 0 Å². The Balaban J connectivity index is 1.45. The number of unbranched alkanes of at least 4 members (excludes halogenated alkanes) is 9. The van der Waals surface area contributed by atoms with Crippen molar-refractivity contribution in [3.05, 3.63) is 72.4 Å². The third kappa shape index (κ3) is 9.36. The third-order valence-corrected chi connectivity index (χ3v) is 7.63. The van der Waals surface area contributed by atoms with E-state index in [1.165, 1.54) is 69.8 Å². The zero-order valence-electron chi connectivity index (χ0n) is 24.0. The molecule has 3 rings (SSSR count). The van der Waals surface area contributed by atoms with Crippen molar-refractivity contribution >= 4 is 5.97 Å². The SMILES string of the molecule is CCCCCCCCCCCCc1ccc(-c2ccc(-c3ccc(OC(=O)C(C)(C#N)CC)cc3)cc2)nc1. The van der Waals surface area contributed by atoms with Crippen LogP contribution < -0.4 is 4.74 Å². The average Bonchev–Trinajstić information content (AvgIpc) is 2.98. The van der Waals surface area contributed by atoms with Crippen LogP contribution in [0.5, 0.6) is 5.75 Å². The molecule has 2 aromatic carbocycles. The number of aryl methyl sites for hydroxylation is 1. The van der Waals surface area contributed by atoms with Gasteiger partial charge >= 0.3 is 5.97 Å². The Morgan fingerprint density at radius 2 is 1.31 bits per heavy atom. The normalized spacial score (nSPS) is 12.5. The van der Waals surface area contributed by atoms with Crippen LogP contribution in [0, 0.1) is 16.7 Å². The molecule has 1 atom stereocenters. The molecule has 3 aromatic rings. The summed E-state index contributed by atoms with van der Waals surface area (Å²) in [5.41, 5.74) is 4.35. The van der Waals surface area contributed by atoms with Crippen molar-refractivity contribution in [3.63, 3.8) is 0 Å². The summed E-state index contributed by atoms with van der Waals surface area (Å²) in [7, 11) is 0. The molecule has 0 aliphatic heterocycles. The summed E-state index contributed by atoms with van der Waals surface area (Å²) in [5.74, 6) is -0.0796. The number of carbonyl (C=O) groups is 1. The molecule has 4 nitrogen and oxygen atoms in total. The number of hydrogen-bond acceptors (Lipinski definition) is 4. The van der Waals surface area contributed by atoms with Gasteiger partial charge < -0.3 is 4.74 Å². The summed E-state index contributed by atoms with van der Waals surface area (Å²) >= 11 is 0. The van der Waals surface area contributed by atoms with Crippen molar-refractivity contribution < 1.29 is 9.53 Å². The van der Waals surface area contributed by atoms with Crippen molar-refractivity contribution in [1.29, 1.82) is 5.26 Å². The monoisotopic (exact) mass is 524 g/mol. The van der Waals surface area contributed by atoms with Crippen LogP contribution in [0.4, 0.5) is 0 Å². The molecule has 0 aliphatic carbocycles. The first-order chi connectivity index (χ1) is 19.0. The number of hydrogen-bond donors (Lipinski definition) is 0. The van der Waals surface area contributed by atoms with E-state index in [1.54, 1.807) is 26.0 Å². The molecular weight excluding hydrogens is 480 g/mol. The van der Waals surface area contributed by atoms with Crippen LogP contribution in [0.3, 0.4) is 0 Å². The molecule has 0 fully saturated rings. The molecule has 206 valence electrons. The number of nitrogens with zero attached hydrogens (tertiary/aromatic N) is 2. The van der Waals surface area contributed by atoms with Gasteiger partial charge in [-0.1, -0.05) is 114 Å². The maximum atomic E-state index is 12.3. The minimum absolute atomic E-state index is 0.406. The molecule has 0 radical (unpaired) electrons. The van der Waals surface area contributed by atoms with E-state index in [-0.39, 0.29) is 0 Å². The van der Waals surface area contributed by atoms with Gasteiger partial charge in [0.15, 0.2) is 5.41 Å². The fraction of sp³-hybridized carbons (Fsp3) is 0.457. The number of ether oxygens (including phenoxy) is 1. The highest BCUT2D eigenvalue weighted by atomic mass is 16.5. The standard InChI is InChI=1S/C35H44N2O2/c1-4-6-7-8-9-10-11-12-13-14-15-28-16-25-33(37-26-28)31-19-17-29(18-20-31)30-21-23-32(24-22-30)39-34(38)35(3,5-2)27-36/h16-26H,4-15H2,1-3H3. The van der Waals surface area contributed by atoms with Crippen molar-refractivity contribution in [2.24, 2.45) is 5.41 Å². The fourth-order valence-electron chi connectivity index (χ4n) is 4.60. The number of nitriles is 1. The molecule has 0 aliphatic rings. The Hall–Kier alpha value is -3.45. The van der Waals surface area contributed by atoms with Gasteiger partial charge in [0.25, 0.3) is 0 Å². The molecule has 39 heavy (non-hydrogen) atoms. The van der Waals surface area contributed by atoms with Gasteiger partial charge in [-0.3, -0.25) is 4.98 Å². The number of aromatic nitrogens is 1. The van der Waals surface area contributed by atoms with E-state index < -0.39 is 11.4 Å². The molecule has 0 N–H and O–H groups in total. The molecule has 1 unspecified atom stereocenters. The highest BCUT2D eigenvalue weighted by Crippen LogP contribution is 2.28. The topological polar surface area (TPSA) is 63.0 Å². The van der Waals surface area contributed by atoms with Crippen molar-refractivity contribution in [3.8, 4) is 34.2 Å². The maximum absolute atomic E-state index is 12.3. The van der Waals surface area contributed by atoms with Gasteiger partial charge in [-0.2, -0.15) is 5.26 Å². The lowest BCUT2D eigenvalue weighted by Crippen LogP contribution is -2.29. The molecular formula is C35H44N2O2. The van der Waals surface area contributed by atoms with Gasteiger partial charge in [0.05, 0.1) is 11.8 Å². The molecule has 0 bridgehead atoms. The second-order valence-electron chi connectivity index (χ2n) is 10.8. The van der Waals surface area contributed by atoms with Crippen LogP contribution in [0.25, 0.3) is 22.4 Å². The predicted octanol–water partition coefficient (Wildman–Crippen LogP) is 9.72. The van der Waals surface area contributed by atoms with E-state index in [1.807, 2.05) is 18.3 Å². The van der Waals surface area contributed by atoms with Gasteiger partial charge in [0.1, 0.15) is 5.75 Å². The quantitative estimate of drug-likeness (QED) is 0.106. The number of benzene rings is 2. The van der Waals surface area contributed by atoms with E-state index in [0.717, 1.165) is 28.8 Å². The van der Waals surface area contributed by atoms with Gasteiger partial charge in [0, 0.05) is 11.8 Å². The molecule has 0 saturated heterocycles. The zero-order chi connectivity index (χ0) is 27.9. The minimum Gasteiger partial charge on any atom is -0.425 e. The predicted molar refractivity (Wildman–Crippen MR) is 160 cm³/mol. The lowest BCUT2D eigenvalue weighted by molar-refractivity contribution is -0.141. The van der Waals surface area contributed by atoms with Crippen LogP contribution in [0.1, 0.15) is 97.0 Å². The van der Waals surface area contributed by atoms with Gasteiger partial charge in [-0.25, -0.2) is 4.79 Å². The molecule has 1 aromatic heterocycles. The second kappa shape index (κ2) is 15.8. The zero-order valence-corrected chi connectivity index (χ0v) is 24.0. The van der Waals surface area contributed by atoms with Crippen molar-refractivity contribution in [1.82, 2.24) is 4.98 Å². The Morgan fingerprint density at radius 3 is 1.82 bits per heavy atom. The number of rotatable bonds is 16. The van der Waals surface area contributed by atoms with E-state index in [0.29, 0.717) is 12.2 Å². The summed E-state index contributed by atoms with van der Waals surface area (Å²) in [6.45, 7) is 5.68. The summed E-state index contributed by atoms with van der Waals surface area (Å²) < 4.78 is 5.43. The lowest BCUT2D eigenvalue weighted by atomic mass is 9.90. The van der Waals surface area contributed by atoms with E-state index in [9.17, 15) is 10.1 Å². The summed E-state index contributed by atoms with van der Waals surface area (Å²) in [6.07, 6.45) is 17.1. The van der Waals surface area contributed by atoms with Crippen LogP contribution in [-0.4, -0.2) is 11.0 Å². The largest absolute Gasteiger partial charge is 0.425 e. The lowest BCUT2D eigenvalue weighted by Gasteiger charge is -2.17. The minimum atomic E-state index is -1.13. The Morgan fingerprint density at radius 1 is 0.769 bits per heavy atom. The highest BCUT2D eigenvalue weighted by molar-refractivity contribution is 5.81. The Labute approximate surface area is 235 Å². The Kier molecular flexibility index (Phi) is 12.2. The van der Waals surface area contributed by atoms with Crippen LogP contribution >= 0.6 is 0 Å². The van der Waals surface area contributed by atoms with E-state index in [4.69, 9.17) is 9.72 Å². The number of esters is 1. The van der Waals surface area contributed by atoms with Gasteiger partial charge in [-0.05, 0) is 61.1 Å². The van der Waals surface area contributed by atoms with Gasteiger partial charge in [0.2, 0.25) is 0 Å². The molecule has 4 heteroatoms. The third-order valence-electron chi connectivity index (χ3n) is 7.63. The first-order valence-corrected chi connectivity index (χ1v) is 14.8. The average molecular weight is 525 g/mol. The number of carbonyl (C=O) groups excluding carboxylic acids is 1. The Bertz CT molecular complexity index is 1180. The van der Waals surface area contributed by atoms with Crippen LogP contribution in [0.2, 0.25) is 0 Å². The molecule has 0 saturated carbocycles. The summed E-state index contributed by atoms with van der Waals surface area (Å²) in [5, 5.41) is 9.28. The summed E-state index contributed by atoms with van der Waals surface area (Å²) in [6, 6.07) is 22.1. The smallest absolute Gasteiger partial charge is 0.331 e. The molecule has 0 spiro atoms. The maximum Gasteiger partial charge on any atom is 0.331 e. The summed E-state index contributed by atoms with van der Waals surface area (Å²) in [4.78, 5) is 17.0. The van der Waals surface area contributed by atoms with E-state index in [2.05, 4.69) is 49.4 Å². The highest BCUT2D eigenvalue weighted by Gasteiger charge is 2.33. The first kappa shape index (κ1) is 30.1. The molecule has 0 amide bonds. The van der Waals surface area contributed by atoms with E-state index >= 15 is 0 Å². The number of pyridine rings is 1. The fourth-order valence-corrected chi connectivity index (χ4v) is 4.60. The van der Waals surface area contributed by atoms with Crippen LogP contribution in [-0.2, 0) is 11.2 Å². The molecule has 1 heterocycles. The van der Waals surface area contributed by atoms with Crippen molar-refractivity contribution in [2.75, 3.05) is 0 Å². The second-order valence-corrected chi connectivity index (χ2v) is 10.8. The van der Waals surface area contributed by atoms with Crippen LogP contribution in [0.15, 0.2) is 66.9 Å².